The lowest BCUT2D eigenvalue weighted by atomic mass is 10.0. The average molecular weight is 1490 g/mol. The summed E-state index contributed by atoms with van der Waals surface area (Å²) in [4.78, 5) is 77.9. The molecule has 0 atom stereocenters. The molecule has 1 aliphatic carbocycles. The van der Waals surface area contributed by atoms with Gasteiger partial charge in [0.1, 0.15) is 57.2 Å². The minimum absolute atomic E-state index is 0.0428. The van der Waals surface area contributed by atoms with Crippen molar-refractivity contribution in [1.82, 2.24) is 14.5 Å². The lowest BCUT2D eigenvalue weighted by molar-refractivity contribution is -0.443. The van der Waals surface area contributed by atoms with Crippen molar-refractivity contribution in [1.29, 1.82) is 0 Å². The summed E-state index contributed by atoms with van der Waals surface area (Å²) in [6.07, 6.45) is 9.68. The number of ether oxygens (including phenoxy) is 2. The molecule has 6 N–H and O–H groups in total. The number of fused-ring (bicyclic) bond motifs is 2. The van der Waals surface area contributed by atoms with Gasteiger partial charge < -0.3 is 34.8 Å². The maximum atomic E-state index is 14.6. The number of guanidine groups is 1. The molecule has 6 aromatic rings. The minimum Gasteiger partial charge on any atom is -0.378 e. The summed E-state index contributed by atoms with van der Waals surface area (Å²) in [5.74, 6) is -0.573. The van der Waals surface area contributed by atoms with Gasteiger partial charge in [-0.15, -0.1) is 25.4 Å². The molecule has 1 spiro atoms. The molecule has 5 aliphatic rings. The minimum atomic E-state index is -4.59. The first-order chi connectivity index (χ1) is 49.0. The van der Waals surface area contributed by atoms with Crippen molar-refractivity contribution in [3.05, 3.63) is 117 Å². The van der Waals surface area contributed by atoms with Crippen molar-refractivity contribution in [2.24, 2.45) is 25.4 Å². The number of morpholine rings is 2. The van der Waals surface area contributed by atoms with Crippen molar-refractivity contribution < 1.29 is 59.2 Å². The van der Waals surface area contributed by atoms with E-state index in [-0.39, 0.29) is 63.6 Å². The molecule has 0 bridgehead atoms. The molecule has 4 aliphatic heterocycles. The van der Waals surface area contributed by atoms with Crippen LogP contribution in [0.25, 0.3) is 12.2 Å². The fourth-order valence-corrected chi connectivity index (χ4v) is 16.7. The van der Waals surface area contributed by atoms with E-state index in [1.807, 2.05) is 64.7 Å². The quantitative estimate of drug-likeness (QED) is 0.00623. The maximum absolute atomic E-state index is 14.6. The molecule has 0 unspecified atom stereocenters. The normalized spacial score (nSPS) is 17.0. The molecule has 2 saturated heterocycles. The van der Waals surface area contributed by atoms with Gasteiger partial charge in [-0.25, -0.2) is 13.9 Å². The number of nitrogens with zero attached hydrogens (tertiary/aromatic N) is 12. The van der Waals surface area contributed by atoms with Crippen LogP contribution in [0.2, 0.25) is 0 Å². The molecular weight excluding hydrogens is 1410 g/mol. The molecule has 102 heavy (non-hydrogen) atoms. The number of Topliss-reactive ketones (excluding diaryl/α,β-unsaturated/α-hetero) is 1. The summed E-state index contributed by atoms with van der Waals surface area (Å²) >= 11 is 4.10. The number of carbonyl (C=O) groups is 4. The summed E-state index contributed by atoms with van der Waals surface area (Å²) < 4.78 is 80.4. The molecule has 538 valence electrons. The van der Waals surface area contributed by atoms with E-state index in [1.165, 1.54) is 61.9 Å². The number of carbonyl (C=O) groups excluding carboxylic acids is 4. The predicted molar refractivity (Wildman–Crippen MR) is 402 cm³/mol. The fourth-order valence-electron chi connectivity index (χ4n) is 12.6. The van der Waals surface area contributed by atoms with Crippen LogP contribution in [-0.4, -0.2) is 166 Å². The van der Waals surface area contributed by atoms with Crippen molar-refractivity contribution in [2.45, 2.75) is 102 Å². The van der Waals surface area contributed by atoms with Gasteiger partial charge in [0, 0.05) is 79.3 Å². The molecule has 4 aromatic carbocycles. The Hall–Kier alpha value is -8.77. The fraction of sp³-hybridized carbons (Fsp3) is 0.391. The largest absolute Gasteiger partial charge is 0.378 e. The molecule has 0 radical (unpaired) electrons. The van der Waals surface area contributed by atoms with Crippen molar-refractivity contribution in [2.75, 3.05) is 122 Å². The Morgan fingerprint density at radius 2 is 1.30 bits per heavy atom. The number of nitrogens with one attached hydrogen (secondary N) is 4. The number of aromatic nitrogens is 2. The number of quaternary nitrogens is 1. The van der Waals surface area contributed by atoms with Crippen LogP contribution in [0.3, 0.4) is 0 Å². The molecule has 11 rings (SSSR count). The van der Waals surface area contributed by atoms with Gasteiger partial charge in [-0.1, -0.05) is 72.8 Å². The second kappa shape index (κ2) is 32.7. The number of rotatable bonds is 24. The zero-order valence-electron chi connectivity index (χ0n) is 57.6. The lowest BCUT2D eigenvalue weighted by Crippen LogP contribution is -2.62. The molecule has 28 nitrogen and oxygen atoms in total. The Kier molecular flexibility index (Phi) is 23.9. The number of hydrogen-bond donors (Lipinski definition) is 6. The predicted octanol–water partition coefficient (Wildman–Crippen LogP) is 13.0. The van der Waals surface area contributed by atoms with E-state index in [1.54, 1.807) is 0 Å². The Labute approximate surface area is 604 Å². The molecule has 3 fully saturated rings. The van der Waals surface area contributed by atoms with Gasteiger partial charge in [-0.05, 0) is 139 Å². The van der Waals surface area contributed by atoms with Crippen LogP contribution in [0.5, 0.6) is 0 Å². The second-order valence-electron chi connectivity index (χ2n) is 24.5. The molecule has 1 saturated carbocycles. The van der Waals surface area contributed by atoms with E-state index < -0.39 is 53.5 Å². The highest BCUT2D eigenvalue weighted by atomic mass is 32.2. The topological polar surface area (TPSA) is 344 Å². The van der Waals surface area contributed by atoms with E-state index in [0.717, 1.165) is 101 Å². The van der Waals surface area contributed by atoms with Crippen LogP contribution in [0.4, 0.5) is 67.4 Å². The van der Waals surface area contributed by atoms with Crippen LogP contribution in [0.1, 0.15) is 96.2 Å². The van der Waals surface area contributed by atoms with Gasteiger partial charge in [-0.3, -0.25) is 34.1 Å². The first-order valence-electron chi connectivity index (χ1n) is 33.8. The van der Waals surface area contributed by atoms with Crippen molar-refractivity contribution in [3.8, 4) is 0 Å². The number of ketones is 1. The summed E-state index contributed by atoms with van der Waals surface area (Å²) in [5.41, 5.74) is 4.72. The standard InChI is InChI=1S/C69H80N16O12S5/c1-8-44-36-60(98-49-20-14-13-15-21-49)74-67(73-57-40-48(83(11-4)12-5)25-27-55(57)78-79-68-75-62(84-28-32-96-33-29-84)58(99-68)41-52(43(6)86)64(87)70-45-18-16-22-50(37-45)101(90,91)92)81(7)61(44)72-56-39-47(82(9-2)10-3)24-26-54(56)77-80-69-76-63-59(100-69)42-53(66(89)85(63)30-34-97-35-31-85)65(88)71-46-19-17-23-51(38-46)102(93,94)95/h16-19,22-27,37-42,49H,8-15,20-21,28-36H2,1-7H3,(H4-,70,71,72,76,80,87,88,89,90,91,92,93,94,95)/p+2. The Morgan fingerprint density at radius 1 is 0.735 bits per heavy atom. The van der Waals surface area contributed by atoms with Gasteiger partial charge in [0.05, 0.1) is 53.7 Å². The lowest BCUT2D eigenvalue weighted by Gasteiger charge is -2.38. The highest BCUT2D eigenvalue weighted by Gasteiger charge is 2.51. The van der Waals surface area contributed by atoms with E-state index in [9.17, 15) is 45.1 Å². The van der Waals surface area contributed by atoms with Gasteiger partial charge in [-0.2, -0.15) is 26.8 Å². The highest BCUT2D eigenvalue weighted by Crippen LogP contribution is 2.45. The third-order valence-electron chi connectivity index (χ3n) is 18.1. The SMILES string of the molecule is CCC1=C(Nc2cc(N(CC)CC)ccc2N=Nc2nc3c(s2)C=C(C(=O)Nc2cccc(S(=O)(=O)O)c2)C(=O)[N+]32CCOCC2)[N+](C)=C(Nc2cc(N(CC)CC)ccc2N=Nc2nc(N3CCOCC3)c(C=C(C(C)=O)C(=O)Nc3cccc(S(=O)(=O)O)c3)s2)N=C(SC2CCCCC2)C1. The summed E-state index contributed by atoms with van der Waals surface area (Å²) in [5, 5.41) is 33.9. The number of benzene rings is 4. The van der Waals surface area contributed by atoms with Gasteiger partial charge in [0.15, 0.2) is 11.6 Å². The zero-order chi connectivity index (χ0) is 72.5. The number of thiazole rings is 2. The van der Waals surface area contributed by atoms with E-state index in [2.05, 4.69) is 65.7 Å². The number of hydrogen-bond acceptors (Lipinski definition) is 25. The number of anilines is 7. The Bertz CT molecular complexity index is 4670. The Balaban J connectivity index is 0.968. The van der Waals surface area contributed by atoms with Gasteiger partial charge in [0.25, 0.3) is 37.9 Å². The molecule has 33 heteroatoms. The van der Waals surface area contributed by atoms with Crippen molar-refractivity contribution in [3.63, 3.8) is 0 Å². The second-order valence-corrected chi connectivity index (χ2v) is 30.8. The van der Waals surface area contributed by atoms with Gasteiger partial charge >= 0.3 is 11.9 Å². The third kappa shape index (κ3) is 17.3. The first kappa shape index (κ1) is 74.4. The molecule has 3 amide bonds. The van der Waals surface area contributed by atoms with Crippen LogP contribution in [0.15, 0.2) is 143 Å². The number of azo groups is 2. The maximum Gasteiger partial charge on any atom is 0.358 e. The number of allylic oxidation sites excluding steroid dienone is 1. The van der Waals surface area contributed by atoms with Gasteiger partial charge in [0.2, 0.25) is 10.3 Å². The summed E-state index contributed by atoms with van der Waals surface area (Å²) in [7, 11) is -7.23. The average Bonchev–Trinajstić information content (AvgIpc) is 1.44. The Morgan fingerprint density at radius 3 is 1.87 bits per heavy atom. The van der Waals surface area contributed by atoms with E-state index in [4.69, 9.17) is 44.9 Å². The van der Waals surface area contributed by atoms with Crippen LogP contribution in [-0.2, 0) is 48.9 Å². The summed E-state index contributed by atoms with van der Waals surface area (Å²) in [6.45, 7) is 17.2. The third-order valence-corrected chi connectivity index (χ3v) is 22.8. The molecular formula is C69H82N16O12S5+2. The number of thioether (sulfide) groups is 1. The van der Waals surface area contributed by atoms with E-state index >= 15 is 0 Å². The molecule has 2 aromatic heterocycles. The first-order valence-corrected chi connectivity index (χ1v) is 39.2. The van der Waals surface area contributed by atoms with Crippen LogP contribution >= 0.6 is 34.4 Å². The van der Waals surface area contributed by atoms with Crippen molar-refractivity contribution >= 4 is 169 Å². The number of aliphatic imine (C=N–C) groups is 1. The van der Waals surface area contributed by atoms with E-state index in [0.29, 0.717) is 108 Å². The molecule has 6 heterocycles. The van der Waals surface area contributed by atoms with Crippen LogP contribution < -0.4 is 40.4 Å². The monoisotopic (exact) mass is 1490 g/mol. The smallest absolute Gasteiger partial charge is 0.358 e. The van der Waals surface area contributed by atoms with Crippen LogP contribution in [0, 0.1) is 0 Å². The summed E-state index contributed by atoms with van der Waals surface area (Å²) in [6, 6.07) is 22.0. The highest BCUT2D eigenvalue weighted by molar-refractivity contribution is 8.14. The zero-order valence-corrected chi connectivity index (χ0v) is 61.7. The number of amides is 3.